The maximum atomic E-state index is 13.9. The number of hydrogen-bond acceptors (Lipinski definition) is 4. The Kier molecular flexibility index (Phi) is 4.41. The van der Waals surface area contributed by atoms with Gasteiger partial charge in [0.2, 0.25) is 6.79 Å². The van der Waals surface area contributed by atoms with Gasteiger partial charge >= 0.3 is 0 Å². The molecule has 1 aliphatic heterocycles. The summed E-state index contributed by atoms with van der Waals surface area (Å²) >= 11 is 5.76. The van der Waals surface area contributed by atoms with Gasteiger partial charge in [0.25, 0.3) is 10.0 Å². The minimum absolute atomic E-state index is 0.0223. The summed E-state index contributed by atoms with van der Waals surface area (Å²) in [6, 6.07) is 15.3. The smallest absolute Gasteiger partial charge is 0.261 e. The molecule has 0 aliphatic carbocycles. The Morgan fingerprint density at radius 3 is 2.37 bits per heavy atom. The third-order valence-electron chi connectivity index (χ3n) is 4.04. The highest BCUT2D eigenvalue weighted by Crippen LogP contribution is 2.42. The number of fused-ring (bicyclic) bond motifs is 1. The van der Waals surface area contributed by atoms with Crippen molar-refractivity contribution < 1.29 is 22.3 Å². The molecule has 0 aromatic heterocycles. The number of anilines is 1. The molecule has 3 aromatic carbocycles. The van der Waals surface area contributed by atoms with Crippen LogP contribution >= 0.6 is 11.6 Å². The largest absolute Gasteiger partial charge is 0.454 e. The molecule has 0 radical (unpaired) electrons. The third-order valence-corrected chi connectivity index (χ3v) is 5.73. The van der Waals surface area contributed by atoms with E-state index in [-0.39, 0.29) is 22.4 Å². The van der Waals surface area contributed by atoms with E-state index < -0.39 is 15.8 Å². The average molecular weight is 406 g/mol. The molecule has 27 heavy (non-hydrogen) atoms. The first-order chi connectivity index (χ1) is 12.9. The van der Waals surface area contributed by atoms with Crippen molar-refractivity contribution in [2.45, 2.75) is 4.90 Å². The lowest BCUT2D eigenvalue weighted by Gasteiger charge is -2.14. The van der Waals surface area contributed by atoms with E-state index in [2.05, 4.69) is 4.72 Å². The summed E-state index contributed by atoms with van der Waals surface area (Å²) < 4.78 is 52.7. The van der Waals surface area contributed by atoms with Crippen LogP contribution in [-0.2, 0) is 10.0 Å². The van der Waals surface area contributed by atoms with Crippen molar-refractivity contribution in [1.82, 2.24) is 0 Å². The summed E-state index contributed by atoms with van der Waals surface area (Å²) in [4.78, 5) is 0.107. The SMILES string of the molecule is O=S(=O)(Nc1cc2c(cc1-c1ccc(Cl)c(F)c1)OCO2)c1ccccc1. The van der Waals surface area contributed by atoms with E-state index in [0.29, 0.717) is 22.6 Å². The molecule has 0 saturated heterocycles. The fraction of sp³-hybridized carbons (Fsp3) is 0.0526. The standard InChI is InChI=1S/C19H13ClFNO4S/c20-15-7-6-12(8-16(15)21)14-9-18-19(26-11-25-18)10-17(14)22-27(23,24)13-4-2-1-3-5-13/h1-10,22H,11H2. The molecule has 138 valence electrons. The van der Waals surface area contributed by atoms with Crippen LogP contribution in [0.25, 0.3) is 11.1 Å². The lowest BCUT2D eigenvalue weighted by atomic mass is 10.0. The van der Waals surface area contributed by atoms with Gasteiger partial charge in [-0.2, -0.15) is 0 Å². The Hall–Kier alpha value is -2.77. The summed E-state index contributed by atoms with van der Waals surface area (Å²) in [7, 11) is -3.85. The Bertz CT molecular complexity index is 1120. The molecule has 5 nitrogen and oxygen atoms in total. The molecule has 0 fully saturated rings. The maximum absolute atomic E-state index is 13.9. The summed E-state index contributed by atoms with van der Waals surface area (Å²) in [5.74, 6) is 0.241. The molecule has 4 rings (SSSR count). The van der Waals surface area contributed by atoms with Gasteiger partial charge in [-0.15, -0.1) is 0 Å². The second-order valence-corrected chi connectivity index (χ2v) is 7.89. The normalized spacial score (nSPS) is 12.8. The van der Waals surface area contributed by atoms with Gasteiger partial charge < -0.3 is 9.47 Å². The van der Waals surface area contributed by atoms with E-state index >= 15 is 0 Å². The Labute approximate surface area is 160 Å². The molecule has 0 unspecified atom stereocenters. The highest BCUT2D eigenvalue weighted by Gasteiger charge is 2.22. The monoisotopic (exact) mass is 405 g/mol. The van der Waals surface area contributed by atoms with Crippen molar-refractivity contribution >= 4 is 27.3 Å². The fourth-order valence-electron chi connectivity index (χ4n) is 2.73. The molecule has 0 bridgehead atoms. The number of sulfonamides is 1. The van der Waals surface area contributed by atoms with E-state index in [1.165, 1.54) is 30.3 Å². The van der Waals surface area contributed by atoms with Gasteiger partial charge in [-0.05, 0) is 35.9 Å². The lowest BCUT2D eigenvalue weighted by Crippen LogP contribution is -2.13. The second kappa shape index (κ2) is 6.75. The maximum Gasteiger partial charge on any atom is 0.261 e. The zero-order valence-corrected chi connectivity index (χ0v) is 15.4. The first-order valence-corrected chi connectivity index (χ1v) is 9.77. The third kappa shape index (κ3) is 3.43. The number of ether oxygens (including phenoxy) is 2. The first-order valence-electron chi connectivity index (χ1n) is 7.91. The van der Waals surface area contributed by atoms with Gasteiger partial charge in [-0.1, -0.05) is 35.9 Å². The van der Waals surface area contributed by atoms with Crippen molar-refractivity contribution in [2.75, 3.05) is 11.5 Å². The molecule has 1 N–H and O–H groups in total. The number of benzene rings is 3. The quantitative estimate of drug-likeness (QED) is 0.684. The number of nitrogens with one attached hydrogen (secondary N) is 1. The Morgan fingerprint density at radius 2 is 1.67 bits per heavy atom. The molecule has 1 aliphatic rings. The minimum Gasteiger partial charge on any atom is -0.454 e. The van der Waals surface area contributed by atoms with E-state index in [9.17, 15) is 12.8 Å². The van der Waals surface area contributed by atoms with Crippen LogP contribution < -0.4 is 14.2 Å². The molecule has 0 atom stereocenters. The van der Waals surface area contributed by atoms with Crippen LogP contribution in [0.3, 0.4) is 0 Å². The Morgan fingerprint density at radius 1 is 0.963 bits per heavy atom. The van der Waals surface area contributed by atoms with Crippen molar-refractivity contribution in [3.63, 3.8) is 0 Å². The molecule has 0 saturated carbocycles. The van der Waals surface area contributed by atoms with Gasteiger partial charge in [-0.3, -0.25) is 4.72 Å². The molecule has 0 amide bonds. The van der Waals surface area contributed by atoms with Gasteiger partial charge in [-0.25, -0.2) is 12.8 Å². The summed E-state index contributed by atoms with van der Waals surface area (Å²) in [5.41, 5.74) is 1.13. The highest BCUT2D eigenvalue weighted by atomic mass is 35.5. The van der Waals surface area contributed by atoms with Crippen molar-refractivity contribution in [2.24, 2.45) is 0 Å². The van der Waals surface area contributed by atoms with Gasteiger partial charge in [0, 0.05) is 11.6 Å². The minimum atomic E-state index is -3.85. The molecule has 3 aromatic rings. The van der Waals surface area contributed by atoms with E-state index in [1.54, 1.807) is 30.3 Å². The van der Waals surface area contributed by atoms with Gasteiger partial charge in [0.15, 0.2) is 11.5 Å². The van der Waals surface area contributed by atoms with E-state index in [4.69, 9.17) is 21.1 Å². The van der Waals surface area contributed by atoms with Crippen molar-refractivity contribution in [1.29, 1.82) is 0 Å². The average Bonchev–Trinajstić information content (AvgIpc) is 3.11. The highest BCUT2D eigenvalue weighted by molar-refractivity contribution is 7.92. The topological polar surface area (TPSA) is 64.6 Å². The van der Waals surface area contributed by atoms with Gasteiger partial charge in [0.1, 0.15) is 5.82 Å². The zero-order chi connectivity index (χ0) is 19.0. The summed E-state index contributed by atoms with van der Waals surface area (Å²) in [6.45, 7) is 0.0264. The number of rotatable bonds is 4. The summed E-state index contributed by atoms with van der Waals surface area (Å²) in [5, 5.41) is -0.0223. The molecule has 0 spiro atoms. The van der Waals surface area contributed by atoms with E-state index in [0.717, 1.165) is 0 Å². The predicted molar refractivity (Wildman–Crippen MR) is 100 cm³/mol. The van der Waals surface area contributed by atoms with Crippen LogP contribution in [0.2, 0.25) is 5.02 Å². The molecular formula is C19H13ClFNO4S. The zero-order valence-electron chi connectivity index (χ0n) is 13.8. The fourth-order valence-corrected chi connectivity index (χ4v) is 3.94. The summed E-state index contributed by atoms with van der Waals surface area (Å²) in [6.07, 6.45) is 0. The van der Waals surface area contributed by atoms with Crippen LogP contribution in [0, 0.1) is 5.82 Å². The molecular weight excluding hydrogens is 393 g/mol. The van der Waals surface area contributed by atoms with Crippen LogP contribution in [0.4, 0.5) is 10.1 Å². The molecule has 1 heterocycles. The lowest BCUT2D eigenvalue weighted by molar-refractivity contribution is 0.174. The van der Waals surface area contributed by atoms with E-state index in [1.807, 2.05) is 0 Å². The van der Waals surface area contributed by atoms with Crippen molar-refractivity contribution in [3.8, 4) is 22.6 Å². The predicted octanol–water partition coefficient (Wildman–Crippen LogP) is 4.68. The van der Waals surface area contributed by atoms with Crippen LogP contribution in [0.1, 0.15) is 0 Å². The van der Waals surface area contributed by atoms with Crippen LogP contribution in [0.5, 0.6) is 11.5 Å². The van der Waals surface area contributed by atoms with Gasteiger partial charge in [0.05, 0.1) is 15.6 Å². The number of halogens is 2. The Balaban J connectivity index is 1.83. The van der Waals surface area contributed by atoms with Crippen molar-refractivity contribution in [3.05, 3.63) is 71.5 Å². The van der Waals surface area contributed by atoms with Crippen LogP contribution in [0.15, 0.2) is 65.6 Å². The first kappa shape index (κ1) is 17.6. The second-order valence-electron chi connectivity index (χ2n) is 5.80. The van der Waals surface area contributed by atoms with Crippen LogP contribution in [-0.4, -0.2) is 15.2 Å². The number of hydrogen-bond donors (Lipinski definition) is 1. The molecule has 8 heteroatoms.